The maximum atomic E-state index is 11.1. The van der Waals surface area contributed by atoms with Crippen LogP contribution in [0.1, 0.15) is 12.8 Å². The molecule has 5 nitrogen and oxygen atoms in total. The van der Waals surface area contributed by atoms with Gasteiger partial charge >= 0.3 is 0 Å². The second-order valence-electron chi connectivity index (χ2n) is 5.36. The summed E-state index contributed by atoms with van der Waals surface area (Å²) in [4.78, 5) is 13.0. The average molecular weight is 327 g/mol. The Labute approximate surface area is 119 Å². The largest absolute Gasteiger partial charge is 0.381 e. The van der Waals surface area contributed by atoms with Crippen LogP contribution < -0.4 is 4.90 Å². The smallest absolute Gasteiger partial charge is 0.292 e. The lowest BCUT2D eigenvalue weighted by Crippen LogP contribution is -2.27. The molecule has 0 aliphatic carbocycles. The van der Waals surface area contributed by atoms with Gasteiger partial charge in [-0.1, -0.05) is 15.9 Å². The number of anilines is 1. The molecule has 1 aromatic rings. The van der Waals surface area contributed by atoms with E-state index in [2.05, 4.69) is 20.8 Å². The Morgan fingerprint density at radius 3 is 2.95 bits per heavy atom. The van der Waals surface area contributed by atoms with Crippen molar-refractivity contribution >= 4 is 27.3 Å². The van der Waals surface area contributed by atoms with E-state index in [1.54, 1.807) is 12.1 Å². The van der Waals surface area contributed by atoms with E-state index in [9.17, 15) is 10.1 Å². The van der Waals surface area contributed by atoms with Crippen molar-refractivity contribution < 1.29 is 9.66 Å². The fraction of sp³-hybridized carbons (Fsp3) is 0.538. The van der Waals surface area contributed by atoms with E-state index >= 15 is 0 Å². The summed E-state index contributed by atoms with van der Waals surface area (Å²) < 4.78 is 6.37. The molecule has 2 saturated heterocycles. The normalized spacial score (nSPS) is 26.3. The Bertz CT molecular complexity index is 515. The van der Waals surface area contributed by atoms with E-state index in [1.807, 2.05) is 6.07 Å². The van der Waals surface area contributed by atoms with Gasteiger partial charge in [-0.3, -0.25) is 10.1 Å². The van der Waals surface area contributed by atoms with Crippen molar-refractivity contribution in [1.82, 2.24) is 0 Å². The monoisotopic (exact) mass is 326 g/mol. The molecule has 2 fully saturated rings. The lowest BCUT2D eigenvalue weighted by atomic mass is 9.87. The van der Waals surface area contributed by atoms with Gasteiger partial charge in [0.2, 0.25) is 0 Å². The van der Waals surface area contributed by atoms with E-state index in [-0.39, 0.29) is 16.0 Å². The number of ether oxygens (including phenoxy) is 1. The second-order valence-corrected chi connectivity index (χ2v) is 6.28. The summed E-state index contributed by atoms with van der Waals surface area (Å²) in [5.74, 6) is 0. The lowest BCUT2D eigenvalue weighted by Gasteiger charge is -2.23. The lowest BCUT2D eigenvalue weighted by molar-refractivity contribution is -0.384. The third kappa shape index (κ3) is 2.34. The molecular weight excluding hydrogens is 312 g/mol. The average Bonchev–Trinajstić information content (AvgIpc) is 3.00. The summed E-state index contributed by atoms with van der Waals surface area (Å²) in [7, 11) is 0. The van der Waals surface area contributed by atoms with Gasteiger partial charge in [-0.15, -0.1) is 0 Å². The third-order valence-electron chi connectivity index (χ3n) is 4.10. The van der Waals surface area contributed by atoms with E-state index in [1.165, 1.54) is 0 Å². The Kier molecular flexibility index (Phi) is 3.22. The topological polar surface area (TPSA) is 55.6 Å². The molecule has 0 N–H and O–H groups in total. The minimum atomic E-state index is -0.308. The van der Waals surface area contributed by atoms with Crippen LogP contribution in [-0.4, -0.2) is 31.2 Å². The molecule has 6 heteroatoms. The van der Waals surface area contributed by atoms with Crippen LogP contribution in [0.4, 0.5) is 11.4 Å². The molecule has 2 heterocycles. The van der Waals surface area contributed by atoms with Gasteiger partial charge in [0.15, 0.2) is 0 Å². The highest BCUT2D eigenvalue weighted by atomic mass is 79.9. The molecule has 1 unspecified atom stereocenters. The zero-order valence-corrected chi connectivity index (χ0v) is 12.1. The quantitative estimate of drug-likeness (QED) is 0.619. The Balaban J connectivity index is 1.90. The van der Waals surface area contributed by atoms with Crippen LogP contribution in [-0.2, 0) is 4.74 Å². The number of nitrogens with zero attached hydrogens (tertiary/aromatic N) is 2. The van der Waals surface area contributed by atoms with Crippen molar-refractivity contribution in [1.29, 1.82) is 0 Å². The zero-order chi connectivity index (χ0) is 13.5. The summed E-state index contributed by atoms with van der Waals surface area (Å²) in [5.41, 5.74) is 1.10. The SMILES string of the molecule is O=[N+]([O-])c1ccc(Br)cc1N1CCC2(CCOC2)C1. The fourth-order valence-corrected chi connectivity index (χ4v) is 3.37. The molecule has 19 heavy (non-hydrogen) atoms. The molecule has 0 amide bonds. The molecule has 2 aliphatic heterocycles. The molecule has 0 bridgehead atoms. The van der Waals surface area contributed by atoms with E-state index in [0.29, 0.717) is 5.69 Å². The van der Waals surface area contributed by atoms with Gasteiger partial charge in [-0.25, -0.2) is 0 Å². The first-order valence-electron chi connectivity index (χ1n) is 6.36. The predicted molar refractivity (Wildman–Crippen MR) is 75.5 cm³/mol. The van der Waals surface area contributed by atoms with Crippen molar-refractivity contribution in [3.05, 3.63) is 32.8 Å². The number of benzene rings is 1. The Morgan fingerprint density at radius 1 is 1.42 bits per heavy atom. The molecule has 102 valence electrons. The summed E-state index contributed by atoms with van der Waals surface area (Å²) in [6.45, 7) is 3.31. The fourth-order valence-electron chi connectivity index (χ4n) is 3.02. The van der Waals surface area contributed by atoms with Crippen LogP contribution in [0.3, 0.4) is 0 Å². The number of hydrogen-bond donors (Lipinski definition) is 0. The number of halogens is 1. The van der Waals surface area contributed by atoms with Crippen LogP contribution in [0.15, 0.2) is 22.7 Å². The van der Waals surface area contributed by atoms with Gasteiger partial charge in [0.05, 0.1) is 11.5 Å². The van der Waals surface area contributed by atoms with Gasteiger partial charge < -0.3 is 9.64 Å². The molecule has 2 aliphatic rings. The molecule has 1 spiro atoms. The maximum Gasteiger partial charge on any atom is 0.292 e. The van der Waals surface area contributed by atoms with Crippen LogP contribution in [0.25, 0.3) is 0 Å². The molecular formula is C13H15BrN2O3. The van der Waals surface area contributed by atoms with E-state index in [0.717, 1.165) is 43.6 Å². The number of hydrogen-bond acceptors (Lipinski definition) is 4. The van der Waals surface area contributed by atoms with Crippen LogP contribution >= 0.6 is 15.9 Å². The van der Waals surface area contributed by atoms with Crippen LogP contribution in [0.2, 0.25) is 0 Å². The number of nitro groups is 1. The molecule has 1 atom stereocenters. The van der Waals surface area contributed by atoms with Crippen molar-refractivity contribution in [2.75, 3.05) is 31.2 Å². The summed E-state index contributed by atoms with van der Waals surface area (Å²) >= 11 is 3.39. The minimum Gasteiger partial charge on any atom is -0.381 e. The van der Waals surface area contributed by atoms with Crippen molar-refractivity contribution in [3.8, 4) is 0 Å². The summed E-state index contributed by atoms with van der Waals surface area (Å²) in [6, 6.07) is 5.12. The Hall–Kier alpha value is -1.14. The highest BCUT2D eigenvalue weighted by Crippen LogP contribution is 2.42. The van der Waals surface area contributed by atoms with Crippen molar-refractivity contribution in [3.63, 3.8) is 0 Å². The Morgan fingerprint density at radius 2 is 2.26 bits per heavy atom. The molecule has 0 saturated carbocycles. The summed E-state index contributed by atoms with van der Waals surface area (Å²) in [5, 5.41) is 11.1. The maximum absolute atomic E-state index is 11.1. The molecule has 3 rings (SSSR count). The highest BCUT2D eigenvalue weighted by molar-refractivity contribution is 9.10. The first-order chi connectivity index (χ1) is 9.10. The zero-order valence-electron chi connectivity index (χ0n) is 10.5. The first-order valence-corrected chi connectivity index (χ1v) is 7.16. The second kappa shape index (κ2) is 4.76. The minimum absolute atomic E-state index is 0.180. The standard InChI is InChI=1S/C13H15BrN2O3/c14-10-1-2-11(16(17)18)12(7-10)15-5-3-13(8-15)4-6-19-9-13/h1-2,7H,3-6,8-9H2. The number of rotatable bonds is 2. The number of nitro benzene ring substituents is 1. The molecule has 1 aromatic carbocycles. The molecule has 0 aromatic heterocycles. The van der Waals surface area contributed by atoms with Gasteiger partial charge in [0.1, 0.15) is 5.69 Å². The molecule has 0 radical (unpaired) electrons. The first kappa shape index (κ1) is 12.9. The highest BCUT2D eigenvalue weighted by Gasteiger charge is 2.42. The van der Waals surface area contributed by atoms with Crippen molar-refractivity contribution in [2.45, 2.75) is 12.8 Å². The van der Waals surface area contributed by atoms with Gasteiger partial charge in [0.25, 0.3) is 5.69 Å². The van der Waals surface area contributed by atoms with Crippen LogP contribution in [0, 0.1) is 15.5 Å². The van der Waals surface area contributed by atoms with Crippen LogP contribution in [0.5, 0.6) is 0 Å². The van der Waals surface area contributed by atoms with Gasteiger partial charge in [-0.05, 0) is 25.0 Å². The van der Waals surface area contributed by atoms with E-state index in [4.69, 9.17) is 4.74 Å². The van der Waals surface area contributed by atoms with Gasteiger partial charge in [-0.2, -0.15) is 0 Å². The van der Waals surface area contributed by atoms with E-state index < -0.39 is 0 Å². The summed E-state index contributed by atoms with van der Waals surface area (Å²) in [6.07, 6.45) is 2.11. The van der Waals surface area contributed by atoms with Crippen molar-refractivity contribution in [2.24, 2.45) is 5.41 Å². The predicted octanol–water partition coefficient (Wildman–Crippen LogP) is 2.97. The third-order valence-corrected chi connectivity index (χ3v) is 4.59. The van der Waals surface area contributed by atoms with Gasteiger partial charge in [0, 0.05) is 35.7 Å².